The van der Waals surface area contributed by atoms with Crippen molar-refractivity contribution in [2.75, 3.05) is 38.7 Å². The van der Waals surface area contributed by atoms with Crippen LogP contribution in [0.2, 0.25) is 0 Å². The van der Waals surface area contributed by atoms with Crippen molar-refractivity contribution in [2.24, 2.45) is 0 Å². The van der Waals surface area contributed by atoms with Crippen molar-refractivity contribution in [3.63, 3.8) is 0 Å². The Labute approximate surface area is 161 Å². The molecular formula is C21H31N3O3. The molecule has 1 aromatic carbocycles. The van der Waals surface area contributed by atoms with Crippen LogP contribution in [0.25, 0.3) is 10.9 Å². The first kappa shape index (κ1) is 21.0. The second-order valence-electron chi connectivity index (χ2n) is 6.87. The topological polar surface area (TPSA) is 65.6 Å². The van der Waals surface area contributed by atoms with E-state index < -0.39 is 5.97 Å². The number of ether oxygens (including phenoxy) is 1. The van der Waals surface area contributed by atoms with Gasteiger partial charge >= 0.3 is 5.97 Å². The van der Waals surface area contributed by atoms with Gasteiger partial charge in [-0.1, -0.05) is 20.3 Å². The van der Waals surface area contributed by atoms with Gasteiger partial charge in [0.25, 0.3) is 0 Å². The number of H-pyrrole nitrogens is 1. The predicted molar refractivity (Wildman–Crippen MR) is 111 cm³/mol. The minimum atomic E-state index is -0.477. The van der Waals surface area contributed by atoms with E-state index in [9.17, 15) is 9.59 Å². The third-order valence-corrected chi connectivity index (χ3v) is 4.74. The van der Waals surface area contributed by atoms with Gasteiger partial charge in [-0.2, -0.15) is 0 Å². The summed E-state index contributed by atoms with van der Waals surface area (Å²) in [5.41, 5.74) is 2.23. The molecule has 2 aromatic rings. The van der Waals surface area contributed by atoms with Gasteiger partial charge < -0.3 is 14.6 Å². The average Bonchev–Trinajstić information content (AvgIpc) is 2.66. The number of carbonyl (C=O) groups is 1. The van der Waals surface area contributed by atoms with Crippen LogP contribution in [-0.4, -0.2) is 49.6 Å². The monoisotopic (exact) mass is 373 g/mol. The highest BCUT2D eigenvalue weighted by atomic mass is 16.5. The van der Waals surface area contributed by atoms with Crippen LogP contribution < -0.4 is 10.3 Å². The van der Waals surface area contributed by atoms with E-state index in [0.29, 0.717) is 23.0 Å². The summed E-state index contributed by atoms with van der Waals surface area (Å²) in [4.78, 5) is 33.1. The summed E-state index contributed by atoms with van der Waals surface area (Å²) in [6, 6.07) is 5.63. The molecule has 27 heavy (non-hydrogen) atoms. The molecule has 6 heteroatoms. The second kappa shape index (κ2) is 9.55. The normalized spacial score (nSPS) is 11.2. The minimum Gasteiger partial charge on any atom is -0.461 e. The number of esters is 1. The fourth-order valence-corrected chi connectivity index (χ4v) is 3.08. The lowest BCUT2D eigenvalue weighted by atomic mass is 10.1. The van der Waals surface area contributed by atoms with E-state index in [1.165, 1.54) is 0 Å². The van der Waals surface area contributed by atoms with Crippen molar-refractivity contribution >= 4 is 22.6 Å². The number of hydrogen-bond acceptors (Lipinski definition) is 5. The van der Waals surface area contributed by atoms with Crippen molar-refractivity contribution in [3.8, 4) is 0 Å². The van der Waals surface area contributed by atoms with Crippen LogP contribution in [0.4, 0.5) is 5.69 Å². The van der Waals surface area contributed by atoms with E-state index in [1.54, 1.807) is 6.92 Å². The van der Waals surface area contributed by atoms with Gasteiger partial charge in [-0.25, -0.2) is 4.79 Å². The summed E-state index contributed by atoms with van der Waals surface area (Å²) < 4.78 is 5.20. The number of benzene rings is 1. The van der Waals surface area contributed by atoms with Gasteiger partial charge in [0.1, 0.15) is 5.69 Å². The van der Waals surface area contributed by atoms with E-state index in [4.69, 9.17) is 4.74 Å². The Bertz CT molecular complexity index is 842. The fourth-order valence-electron chi connectivity index (χ4n) is 3.08. The molecule has 0 saturated heterocycles. The highest BCUT2D eigenvalue weighted by Crippen LogP contribution is 2.20. The molecule has 0 atom stereocenters. The van der Waals surface area contributed by atoms with Crippen LogP contribution in [0, 0.1) is 0 Å². The lowest BCUT2D eigenvalue weighted by molar-refractivity contribution is 0.0517. The minimum absolute atomic E-state index is 0.106. The highest BCUT2D eigenvalue weighted by molar-refractivity contribution is 5.93. The Morgan fingerprint density at radius 3 is 2.52 bits per heavy atom. The van der Waals surface area contributed by atoms with E-state index in [2.05, 4.69) is 23.7 Å². The molecule has 0 amide bonds. The zero-order valence-electron chi connectivity index (χ0n) is 17.1. The molecular weight excluding hydrogens is 342 g/mol. The number of rotatable bonds is 9. The van der Waals surface area contributed by atoms with Gasteiger partial charge in [0.05, 0.1) is 12.1 Å². The number of fused-ring (bicyclic) bond motifs is 1. The summed E-state index contributed by atoms with van der Waals surface area (Å²) in [5, 5.41) is 0.593. The summed E-state index contributed by atoms with van der Waals surface area (Å²) >= 11 is 0. The Balaban J connectivity index is 2.60. The van der Waals surface area contributed by atoms with Gasteiger partial charge in [0.2, 0.25) is 0 Å². The van der Waals surface area contributed by atoms with Crippen molar-refractivity contribution in [3.05, 3.63) is 39.7 Å². The zero-order chi connectivity index (χ0) is 20.0. The van der Waals surface area contributed by atoms with Crippen LogP contribution in [0.1, 0.15) is 49.7 Å². The number of aromatic nitrogens is 1. The summed E-state index contributed by atoms with van der Waals surface area (Å²) in [7, 11) is 3.87. The molecule has 1 N–H and O–H groups in total. The van der Waals surface area contributed by atoms with E-state index >= 15 is 0 Å². The maximum atomic E-state index is 13.3. The van der Waals surface area contributed by atoms with Gasteiger partial charge in [0.15, 0.2) is 5.43 Å². The van der Waals surface area contributed by atoms with Crippen molar-refractivity contribution in [1.29, 1.82) is 0 Å². The van der Waals surface area contributed by atoms with Crippen LogP contribution in [0.5, 0.6) is 0 Å². The largest absolute Gasteiger partial charge is 0.461 e. The number of carbonyl (C=O) groups excluding carboxylic acids is 1. The Hall–Kier alpha value is -2.34. The smallest absolute Gasteiger partial charge is 0.355 e. The lowest BCUT2D eigenvalue weighted by Gasteiger charge is -2.21. The van der Waals surface area contributed by atoms with Crippen molar-refractivity contribution in [1.82, 2.24) is 9.88 Å². The highest BCUT2D eigenvalue weighted by Gasteiger charge is 2.21. The molecule has 0 aliphatic carbocycles. The first-order chi connectivity index (χ1) is 12.9. The number of nitrogens with one attached hydrogen (secondary N) is 1. The number of nitrogens with zero attached hydrogens (tertiary/aromatic N) is 2. The van der Waals surface area contributed by atoms with Gasteiger partial charge in [-0.15, -0.1) is 0 Å². The summed E-state index contributed by atoms with van der Waals surface area (Å²) in [5.74, 6) is -0.477. The molecule has 0 saturated carbocycles. The lowest BCUT2D eigenvalue weighted by Crippen LogP contribution is -2.30. The Morgan fingerprint density at radius 2 is 1.93 bits per heavy atom. The van der Waals surface area contributed by atoms with Crippen molar-refractivity contribution < 1.29 is 9.53 Å². The van der Waals surface area contributed by atoms with Gasteiger partial charge in [-0.05, 0) is 44.6 Å². The van der Waals surface area contributed by atoms with Crippen molar-refractivity contribution in [2.45, 2.75) is 40.2 Å². The molecule has 0 spiro atoms. The van der Waals surface area contributed by atoms with Crippen LogP contribution in [0.15, 0.2) is 23.0 Å². The molecule has 1 heterocycles. The van der Waals surface area contributed by atoms with E-state index in [1.807, 2.05) is 37.2 Å². The summed E-state index contributed by atoms with van der Waals surface area (Å²) in [6.45, 7) is 8.39. The van der Waals surface area contributed by atoms with Crippen LogP contribution >= 0.6 is 0 Å². The van der Waals surface area contributed by atoms with E-state index in [0.717, 1.165) is 31.6 Å². The zero-order valence-corrected chi connectivity index (χ0v) is 17.1. The number of pyridine rings is 1. The number of anilines is 1. The third kappa shape index (κ3) is 4.89. The molecule has 0 fully saturated rings. The maximum absolute atomic E-state index is 13.3. The predicted octanol–water partition coefficient (Wildman–Crippen LogP) is 3.39. The molecule has 148 valence electrons. The third-order valence-electron chi connectivity index (χ3n) is 4.74. The molecule has 2 rings (SSSR count). The second-order valence-corrected chi connectivity index (χ2v) is 6.87. The molecule has 6 nitrogen and oxygen atoms in total. The molecule has 0 radical (unpaired) electrons. The Morgan fingerprint density at radius 1 is 1.19 bits per heavy atom. The maximum Gasteiger partial charge on any atom is 0.355 e. The number of aromatic amines is 1. The molecule has 0 bridgehead atoms. The number of unbranched alkanes of at least 4 members (excludes halogenated alkanes) is 1. The van der Waals surface area contributed by atoms with E-state index in [-0.39, 0.29) is 17.7 Å². The quantitative estimate of drug-likeness (QED) is 0.683. The van der Waals surface area contributed by atoms with Gasteiger partial charge in [0, 0.05) is 37.3 Å². The molecule has 0 unspecified atom stereocenters. The Kier molecular flexibility index (Phi) is 7.42. The molecule has 0 aliphatic rings. The van der Waals surface area contributed by atoms with Gasteiger partial charge in [-0.3, -0.25) is 9.69 Å². The fraction of sp³-hybridized carbons (Fsp3) is 0.524. The number of hydrogen-bond donors (Lipinski definition) is 1. The molecule has 0 aliphatic heterocycles. The SMILES string of the molecule is CCCCN(CC)Cc1c(C(=O)OCC)[nH]c2ccc(N(C)C)cc2c1=O. The standard InChI is InChI=1S/C21H31N3O3/c1-6-9-12-24(7-2)14-17-19(21(26)27-8-3)22-18-11-10-15(23(4)5)13-16(18)20(17)25/h10-11,13H,6-9,12,14H2,1-5H3,(H,22,25). The first-order valence-electron chi connectivity index (χ1n) is 9.68. The summed E-state index contributed by atoms with van der Waals surface area (Å²) in [6.07, 6.45) is 2.14. The average molecular weight is 373 g/mol. The van der Waals surface area contributed by atoms with Crippen LogP contribution in [-0.2, 0) is 11.3 Å². The first-order valence-corrected chi connectivity index (χ1v) is 9.68. The van der Waals surface area contributed by atoms with Crippen LogP contribution in [0.3, 0.4) is 0 Å². The molecule has 1 aromatic heterocycles.